The van der Waals surface area contributed by atoms with Crippen molar-refractivity contribution >= 4 is 22.8 Å². The smallest absolute Gasteiger partial charge is 0.439 e. The number of nitrogens with zero attached hydrogens (tertiary/aromatic N) is 1. The SMILES string of the molecule is O=C(O)C1CN=C(C(F)(F)F)S1. The number of hydrogen-bond acceptors (Lipinski definition) is 3. The van der Waals surface area contributed by atoms with E-state index in [4.69, 9.17) is 5.11 Å². The minimum Gasteiger partial charge on any atom is -0.480 e. The Bertz CT molecular complexity index is 237. The number of carboxylic acid groups (broad SMARTS) is 1. The highest BCUT2D eigenvalue weighted by atomic mass is 32.2. The molecule has 0 aromatic carbocycles. The molecule has 68 valence electrons. The van der Waals surface area contributed by atoms with Crippen LogP contribution in [0.1, 0.15) is 0 Å². The summed E-state index contributed by atoms with van der Waals surface area (Å²) in [7, 11) is 0. The van der Waals surface area contributed by atoms with Crippen LogP contribution < -0.4 is 0 Å². The van der Waals surface area contributed by atoms with Gasteiger partial charge in [-0.15, -0.1) is 0 Å². The maximum Gasteiger partial charge on any atom is 0.439 e. The fraction of sp³-hybridized carbons (Fsp3) is 0.600. The van der Waals surface area contributed by atoms with Crippen LogP contribution in [-0.2, 0) is 4.79 Å². The summed E-state index contributed by atoms with van der Waals surface area (Å²) in [6.45, 7) is -0.297. The molecule has 1 unspecified atom stereocenters. The second kappa shape index (κ2) is 2.96. The van der Waals surface area contributed by atoms with Crippen LogP contribution in [0.2, 0.25) is 0 Å². The van der Waals surface area contributed by atoms with E-state index in [0.717, 1.165) is 0 Å². The summed E-state index contributed by atoms with van der Waals surface area (Å²) in [6.07, 6.45) is -4.51. The fourth-order valence-corrected chi connectivity index (χ4v) is 1.46. The lowest BCUT2D eigenvalue weighted by molar-refractivity contribution is -0.136. The summed E-state index contributed by atoms with van der Waals surface area (Å²) in [5.41, 5.74) is 0. The van der Waals surface area contributed by atoms with Crippen molar-refractivity contribution in [3.8, 4) is 0 Å². The maximum absolute atomic E-state index is 11.9. The van der Waals surface area contributed by atoms with Crippen molar-refractivity contribution in [2.75, 3.05) is 6.54 Å². The standard InChI is InChI=1S/C5H4F3NO2S/c6-5(7,8)4-9-1-2(12-4)3(10)11/h2H,1H2,(H,10,11). The lowest BCUT2D eigenvalue weighted by atomic mass is 10.4. The predicted molar refractivity (Wildman–Crippen MR) is 37.4 cm³/mol. The summed E-state index contributed by atoms with van der Waals surface area (Å²) in [6, 6.07) is 0. The molecule has 12 heavy (non-hydrogen) atoms. The van der Waals surface area contributed by atoms with Crippen LogP contribution in [0.4, 0.5) is 13.2 Å². The van der Waals surface area contributed by atoms with Gasteiger partial charge in [0.25, 0.3) is 0 Å². The number of alkyl halides is 3. The number of aliphatic imine (C=N–C) groups is 1. The van der Waals surface area contributed by atoms with Gasteiger partial charge in [0.2, 0.25) is 0 Å². The van der Waals surface area contributed by atoms with Crippen LogP contribution in [-0.4, -0.2) is 34.1 Å². The van der Waals surface area contributed by atoms with Gasteiger partial charge in [-0.3, -0.25) is 9.79 Å². The molecule has 3 nitrogen and oxygen atoms in total. The third-order valence-corrected chi connectivity index (χ3v) is 2.39. The van der Waals surface area contributed by atoms with E-state index < -0.39 is 22.4 Å². The van der Waals surface area contributed by atoms with E-state index in [1.165, 1.54) is 0 Å². The minimum absolute atomic E-state index is 0.251. The van der Waals surface area contributed by atoms with Gasteiger partial charge in [-0.1, -0.05) is 11.8 Å². The first kappa shape index (κ1) is 9.37. The molecule has 1 aliphatic heterocycles. The summed E-state index contributed by atoms with van der Waals surface area (Å²) >= 11 is 0.251. The Labute approximate surface area is 69.7 Å². The molecule has 1 atom stereocenters. The molecule has 0 spiro atoms. The molecule has 0 bridgehead atoms. The van der Waals surface area contributed by atoms with Crippen molar-refractivity contribution in [3.63, 3.8) is 0 Å². The second-order valence-corrected chi connectivity index (χ2v) is 3.28. The van der Waals surface area contributed by atoms with Crippen molar-refractivity contribution in [2.24, 2.45) is 4.99 Å². The molecule has 0 saturated carbocycles. The summed E-state index contributed by atoms with van der Waals surface area (Å²) in [4.78, 5) is 13.3. The molecular formula is C5H4F3NO2S. The first-order valence-corrected chi connectivity index (χ1v) is 3.80. The number of carboxylic acids is 1. The van der Waals surface area contributed by atoms with Crippen molar-refractivity contribution in [2.45, 2.75) is 11.4 Å². The van der Waals surface area contributed by atoms with E-state index in [1.807, 2.05) is 0 Å². The van der Waals surface area contributed by atoms with Gasteiger partial charge in [0.15, 0.2) is 5.04 Å². The highest BCUT2D eigenvalue weighted by Gasteiger charge is 2.42. The number of thioether (sulfide) groups is 1. The lowest BCUT2D eigenvalue weighted by Crippen LogP contribution is -2.21. The minimum atomic E-state index is -4.51. The van der Waals surface area contributed by atoms with Crippen LogP contribution in [0.5, 0.6) is 0 Å². The molecule has 0 aliphatic carbocycles. The van der Waals surface area contributed by atoms with Gasteiger partial charge < -0.3 is 5.11 Å². The third kappa shape index (κ3) is 1.90. The first-order chi connectivity index (χ1) is 5.41. The molecule has 1 aliphatic rings. The summed E-state index contributed by atoms with van der Waals surface area (Å²) < 4.78 is 35.6. The van der Waals surface area contributed by atoms with Crippen LogP contribution in [0.15, 0.2) is 4.99 Å². The molecule has 1 N–H and O–H groups in total. The van der Waals surface area contributed by atoms with Gasteiger partial charge in [0, 0.05) is 0 Å². The maximum atomic E-state index is 11.9. The Morgan fingerprint density at radius 3 is 2.50 bits per heavy atom. The van der Waals surface area contributed by atoms with E-state index in [0.29, 0.717) is 0 Å². The number of halogens is 3. The van der Waals surface area contributed by atoms with E-state index in [1.54, 1.807) is 0 Å². The zero-order valence-corrected chi connectivity index (χ0v) is 6.45. The Kier molecular flexibility index (Phi) is 2.31. The van der Waals surface area contributed by atoms with E-state index in [9.17, 15) is 18.0 Å². The van der Waals surface area contributed by atoms with Gasteiger partial charge in [-0.2, -0.15) is 13.2 Å². The zero-order chi connectivity index (χ0) is 9.35. The van der Waals surface area contributed by atoms with Crippen LogP contribution in [0, 0.1) is 0 Å². The Morgan fingerprint density at radius 1 is 1.67 bits per heavy atom. The fourth-order valence-electron chi connectivity index (χ4n) is 0.660. The average molecular weight is 199 g/mol. The first-order valence-electron chi connectivity index (χ1n) is 2.92. The van der Waals surface area contributed by atoms with E-state index >= 15 is 0 Å². The van der Waals surface area contributed by atoms with Crippen molar-refractivity contribution in [1.29, 1.82) is 0 Å². The molecule has 0 fully saturated rings. The highest BCUT2D eigenvalue weighted by Crippen LogP contribution is 2.32. The molecule has 7 heteroatoms. The second-order valence-electron chi connectivity index (χ2n) is 2.09. The van der Waals surface area contributed by atoms with Gasteiger partial charge in [-0.05, 0) is 0 Å². The van der Waals surface area contributed by atoms with E-state index in [-0.39, 0.29) is 18.3 Å². The quantitative estimate of drug-likeness (QED) is 0.689. The Balaban J connectivity index is 2.61. The van der Waals surface area contributed by atoms with Crippen LogP contribution >= 0.6 is 11.8 Å². The molecule has 0 saturated heterocycles. The number of rotatable bonds is 1. The van der Waals surface area contributed by atoms with Crippen molar-refractivity contribution < 1.29 is 23.1 Å². The van der Waals surface area contributed by atoms with Gasteiger partial charge >= 0.3 is 12.1 Å². The molecule has 1 heterocycles. The molecule has 0 aromatic heterocycles. The predicted octanol–water partition coefficient (Wildman–Crippen LogP) is 1.15. The molecule has 0 amide bonds. The van der Waals surface area contributed by atoms with Gasteiger partial charge in [-0.25, -0.2) is 0 Å². The normalized spacial score (nSPS) is 23.9. The topological polar surface area (TPSA) is 49.7 Å². The molecule has 0 aromatic rings. The monoisotopic (exact) mass is 199 g/mol. The number of carbonyl (C=O) groups is 1. The molecular weight excluding hydrogens is 195 g/mol. The lowest BCUT2D eigenvalue weighted by Gasteiger charge is -2.04. The number of hydrogen-bond donors (Lipinski definition) is 1. The molecule has 1 rings (SSSR count). The van der Waals surface area contributed by atoms with Crippen LogP contribution in [0.3, 0.4) is 0 Å². The number of aliphatic carboxylic acids is 1. The largest absolute Gasteiger partial charge is 0.480 e. The summed E-state index contributed by atoms with van der Waals surface area (Å²) in [5, 5.41) is 6.21. The zero-order valence-electron chi connectivity index (χ0n) is 5.63. The third-order valence-electron chi connectivity index (χ3n) is 1.17. The molecule has 0 radical (unpaired) electrons. The van der Waals surface area contributed by atoms with Crippen molar-refractivity contribution in [1.82, 2.24) is 0 Å². The summed E-state index contributed by atoms with van der Waals surface area (Å²) in [5.74, 6) is -1.26. The Morgan fingerprint density at radius 2 is 2.25 bits per heavy atom. The van der Waals surface area contributed by atoms with Gasteiger partial charge in [0.05, 0.1) is 6.54 Å². The van der Waals surface area contributed by atoms with E-state index in [2.05, 4.69) is 4.99 Å². The van der Waals surface area contributed by atoms with Crippen LogP contribution in [0.25, 0.3) is 0 Å². The average Bonchev–Trinajstić information content (AvgIpc) is 2.30. The Hall–Kier alpha value is -0.720. The highest BCUT2D eigenvalue weighted by molar-refractivity contribution is 8.15. The van der Waals surface area contributed by atoms with Crippen molar-refractivity contribution in [3.05, 3.63) is 0 Å². The van der Waals surface area contributed by atoms with Gasteiger partial charge in [0.1, 0.15) is 5.25 Å².